The van der Waals surface area contributed by atoms with Gasteiger partial charge in [0.25, 0.3) is 0 Å². The first-order valence-electron chi connectivity index (χ1n) is 7.82. The minimum Gasteiger partial charge on any atom is -0.389 e. The molecule has 1 N–H and O–H groups in total. The normalized spacial score (nSPS) is 27.5. The van der Waals surface area contributed by atoms with Gasteiger partial charge >= 0.3 is 0 Å². The Hall–Kier alpha value is -1.09. The standard InChI is InChI=1S/C17H24FNO/c1-11-9-17(14(12(2)20)10-15(11)18)19-8-7-13-5-3-4-6-16(13)19/h9-10,12-13,16,20H,3-8H2,1-2H3. The van der Waals surface area contributed by atoms with Gasteiger partial charge < -0.3 is 10.0 Å². The molecule has 1 aliphatic carbocycles. The lowest BCUT2D eigenvalue weighted by Crippen LogP contribution is -2.35. The Bertz CT molecular complexity index is 500. The first-order chi connectivity index (χ1) is 9.58. The Kier molecular flexibility index (Phi) is 3.72. The molecule has 1 saturated heterocycles. The summed E-state index contributed by atoms with van der Waals surface area (Å²) < 4.78 is 13.8. The summed E-state index contributed by atoms with van der Waals surface area (Å²) >= 11 is 0. The average Bonchev–Trinajstić information content (AvgIpc) is 2.85. The number of rotatable bonds is 2. The highest BCUT2D eigenvalue weighted by Crippen LogP contribution is 2.41. The van der Waals surface area contributed by atoms with E-state index in [4.69, 9.17) is 0 Å². The fourth-order valence-corrected chi connectivity index (χ4v) is 3.97. The van der Waals surface area contributed by atoms with Crippen LogP contribution in [0.2, 0.25) is 0 Å². The van der Waals surface area contributed by atoms with Gasteiger partial charge in [-0.3, -0.25) is 0 Å². The van der Waals surface area contributed by atoms with Gasteiger partial charge in [0.05, 0.1) is 6.10 Å². The number of aliphatic hydroxyl groups is 1. The van der Waals surface area contributed by atoms with E-state index in [1.807, 2.05) is 6.07 Å². The van der Waals surface area contributed by atoms with Gasteiger partial charge in [-0.15, -0.1) is 0 Å². The van der Waals surface area contributed by atoms with Crippen molar-refractivity contribution < 1.29 is 9.50 Å². The van der Waals surface area contributed by atoms with E-state index >= 15 is 0 Å². The zero-order valence-corrected chi connectivity index (χ0v) is 12.4. The third-order valence-electron chi connectivity index (χ3n) is 5.08. The summed E-state index contributed by atoms with van der Waals surface area (Å²) in [6.45, 7) is 4.57. The van der Waals surface area contributed by atoms with Crippen LogP contribution in [0.3, 0.4) is 0 Å². The smallest absolute Gasteiger partial charge is 0.126 e. The summed E-state index contributed by atoms with van der Waals surface area (Å²) in [7, 11) is 0. The van der Waals surface area contributed by atoms with Gasteiger partial charge in [-0.25, -0.2) is 4.39 Å². The zero-order chi connectivity index (χ0) is 14.3. The lowest BCUT2D eigenvalue weighted by atomic mass is 9.85. The number of nitrogens with zero attached hydrogens (tertiary/aromatic N) is 1. The van der Waals surface area contributed by atoms with Crippen LogP contribution in [0, 0.1) is 18.7 Å². The molecule has 3 atom stereocenters. The van der Waals surface area contributed by atoms with E-state index < -0.39 is 6.10 Å². The van der Waals surface area contributed by atoms with Crippen LogP contribution in [-0.2, 0) is 0 Å². The lowest BCUT2D eigenvalue weighted by molar-refractivity contribution is 0.199. The second-order valence-corrected chi connectivity index (χ2v) is 6.43. The van der Waals surface area contributed by atoms with Crippen LogP contribution in [-0.4, -0.2) is 17.7 Å². The highest BCUT2D eigenvalue weighted by atomic mass is 19.1. The Morgan fingerprint density at radius 3 is 2.75 bits per heavy atom. The van der Waals surface area contributed by atoms with E-state index in [9.17, 15) is 9.50 Å². The van der Waals surface area contributed by atoms with Crippen LogP contribution in [0.25, 0.3) is 0 Å². The molecular weight excluding hydrogens is 253 g/mol. The van der Waals surface area contributed by atoms with Crippen molar-refractivity contribution in [2.24, 2.45) is 5.92 Å². The van der Waals surface area contributed by atoms with Gasteiger partial charge in [-0.05, 0) is 56.7 Å². The summed E-state index contributed by atoms with van der Waals surface area (Å²) in [5, 5.41) is 9.98. The SMILES string of the molecule is Cc1cc(N2CCC3CCCCC32)c(C(C)O)cc1F. The van der Waals surface area contributed by atoms with Crippen molar-refractivity contribution in [3.8, 4) is 0 Å². The fraction of sp³-hybridized carbons (Fsp3) is 0.647. The predicted molar refractivity (Wildman–Crippen MR) is 79.5 cm³/mol. The second-order valence-electron chi connectivity index (χ2n) is 6.43. The largest absolute Gasteiger partial charge is 0.389 e. The van der Waals surface area contributed by atoms with Crippen molar-refractivity contribution in [1.82, 2.24) is 0 Å². The number of anilines is 1. The van der Waals surface area contributed by atoms with E-state index in [2.05, 4.69) is 4.90 Å². The molecule has 3 rings (SSSR count). The topological polar surface area (TPSA) is 23.5 Å². The number of halogens is 1. The van der Waals surface area contributed by atoms with Crippen molar-refractivity contribution in [2.75, 3.05) is 11.4 Å². The van der Waals surface area contributed by atoms with Crippen molar-refractivity contribution in [1.29, 1.82) is 0 Å². The first kappa shape index (κ1) is 13.9. The van der Waals surface area contributed by atoms with Crippen LogP contribution in [0.4, 0.5) is 10.1 Å². The highest BCUT2D eigenvalue weighted by Gasteiger charge is 2.36. The van der Waals surface area contributed by atoms with E-state index in [1.165, 1.54) is 38.2 Å². The Balaban J connectivity index is 1.98. The number of aryl methyl sites for hydroxylation is 1. The van der Waals surface area contributed by atoms with Crippen LogP contribution in [0.1, 0.15) is 56.3 Å². The minimum absolute atomic E-state index is 0.218. The Morgan fingerprint density at radius 1 is 1.25 bits per heavy atom. The average molecular weight is 277 g/mol. The fourth-order valence-electron chi connectivity index (χ4n) is 3.97. The van der Waals surface area contributed by atoms with Gasteiger partial charge in [-0.2, -0.15) is 0 Å². The maximum atomic E-state index is 13.8. The van der Waals surface area contributed by atoms with Crippen molar-refractivity contribution >= 4 is 5.69 Å². The zero-order valence-electron chi connectivity index (χ0n) is 12.4. The maximum absolute atomic E-state index is 13.8. The molecule has 1 aliphatic heterocycles. The summed E-state index contributed by atoms with van der Waals surface area (Å²) in [5.74, 6) is 0.569. The van der Waals surface area contributed by atoms with Crippen molar-refractivity contribution in [3.63, 3.8) is 0 Å². The third kappa shape index (κ3) is 2.32. The van der Waals surface area contributed by atoms with Gasteiger partial charge in [0, 0.05) is 23.8 Å². The second kappa shape index (κ2) is 5.36. The molecule has 3 unspecified atom stereocenters. The number of hydrogen-bond donors (Lipinski definition) is 1. The van der Waals surface area contributed by atoms with E-state index in [0.29, 0.717) is 11.6 Å². The molecule has 0 amide bonds. The maximum Gasteiger partial charge on any atom is 0.126 e. The van der Waals surface area contributed by atoms with Crippen LogP contribution < -0.4 is 4.90 Å². The minimum atomic E-state index is -0.622. The molecule has 2 fully saturated rings. The predicted octanol–water partition coefficient (Wildman–Crippen LogP) is 3.96. The summed E-state index contributed by atoms with van der Waals surface area (Å²) in [4.78, 5) is 2.43. The van der Waals surface area contributed by atoms with Crippen molar-refractivity contribution in [2.45, 2.75) is 58.1 Å². The molecule has 0 bridgehead atoms. The molecule has 0 radical (unpaired) electrons. The highest BCUT2D eigenvalue weighted by molar-refractivity contribution is 5.58. The molecule has 1 saturated carbocycles. The van der Waals surface area contributed by atoms with E-state index in [1.54, 1.807) is 13.8 Å². The Morgan fingerprint density at radius 2 is 2.00 bits per heavy atom. The number of hydrogen-bond acceptors (Lipinski definition) is 2. The van der Waals surface area contributed by atoms with Crippen LogP contribution in [0.5, 0.6) is 0 Å². The van der Waals surface area contributed by atoms with Crippen LogP contribution >= 0.6 is 0 Å². The van der Waals surface area contributed by atoms with E-state index in [0.717, 1.165) is 23.7 Å². The third-order valence-corrected chi connectivity index (χ3v) is 5.08. The number of fused-ring (bicyclic) bond motifs is 1. The quantitative estimate of drug-likeness (QED) is 0.884. The summed E-state index contributed by atoms with van der Waals surface area (Å²) in [5.41, 5.74) is 2.45. The molecule has 20 heavy (non-hydrogen) atoms. The molecule has 3 heteroatoms. The summed E-state index contributed by atoms with van der Waals surface area (Å²) in [6.07, 6.45) is 5.82. The molecule has 110 valence electrons. The molecule has 0 spiro atoms. The van der Waals surface area contributed by atoms with Gasteiger partial charge in [0.2, 0.25) is 0 Å². The molecule has 2 aliphatic rings. The first-order valence-corrected chi connectivity index (χ1v) is 7.82. The molecule has 1 aromatic rings. The monoisotopic (exact) mass is 277 g/mol. The Labute approximate surface area is 120 Å². The van der Waals surface area contributed by atoms with Gasteiger partial charge in [0.1, 0.15) is 5.82 Å². The van der Waals surface area contributed by atoms with Gasteiger partial charge in [0.15, 0.2) is 0 Å². The van der Waals surface area contributed by atoms with Crippen molar-refractivity contribution in [3.05, 3.63) is 29.1 Å². The van der Waals surface area contributed by atoms with Gasteiger partial charge in [-0.1, -0.05) is 12.8 Å². The lowest BCUT2D eigenvalue weighted by Gasteiger charge is -2.35. The van der Waals surface area contributed by atoms with E-state index in [-0.39, 0.29) is 5.82 Å². The molecule has 1 heterocycles. The molecule has 2 nitrogen and oxygen atoms in total. The number of benzene rings is 1. The molecule has 1 aromatic carbocycles. The van der Waals surface area contributed by atoms with Crippen LogP contribution in [0.15, 0.2) is 12.1 Å². The number of aliphatic hydroxyl groups excluding tert-OH is 1. The summed E-state index contributed by atoms with van der Waals surface area (Å²) in [6, 6.07) is 4.03. The molecular formula is C17H24FNO. The molecule has 0 aromatic heterocycles.